The summed E-state index contributed by atoms with van der Waals surface area (Å²) in [5.74, 6) is 0.387. The number of pyridine rings is 2. The van der Waals surface area contributed by atoms with Gasteiger partial charge in [-0.25, -0.2) is 14.4 Å². The zero-order valence-electron chi connectivity index (χ0n) is 16.4. The van der Waals surface area contributed by atoms with E-state index in [4.69, 9.17) is 9.72 Å². The number of aromatic nitrogens is 6. The van der Waals surface area contributed by atoms with E-state index in [-0.39, 0.29) is 12.2 Å². The lowest BCUT2D eigenvalue weighted by Crippen LogP contribution is -2.43. The zero-order chi connectivity index (χ0) is 20.2. The van der Waals surface area contributed by atoms with Gasteiger partial charge in [0.05, 0.1) is 29.8 Å². The topological polar surface area (TPSA) is 84.8 Å². The van der Waals surface area contributed by atoms with E-state index in [0.717, 1.165) is 43.0 Å². The van der Waals surface area contributed by atoms with Gasteiger partial charge in [0, 0.05) is 43.5 Å². The zero-order valence-corrected chi connectivity index (χ0v) is 16.4. The first-order chi connectivity index (χ1) is 14.7. The number of nitrogens with one attached hydrogen (secondary N) is 1. The van der Waals surface area contributed by atoms with Gasteiger partial charge in [0.25, 0.3) is 0 Å². The quantitative estimate of drug-likeness (QED) is 0.564. The molecule has 6 rings (SSSR count). The van der Waals surface area contributed by atoms with Crippen LogP contribution in [0.1, 0.15) is 12.8 Å². The highest BCUT2D eigenvalue weighted by atomic mass is 19.1. The van der Waals surface area contributed by atoms with Crippen LogP contribution in [-0.2, 0) is 11.8 Å². The van der Waals surface area contributed by atoms with E-state index >= 15 is 4.39 Å². The van der Waals surface area contributed by atoms with Crippen LogP contribution in [0, 0.1) is 5.82 Å². The van der Waals surface area contributed by atoms with Gasteiger partial charge in [-0.1, -0.05) is 0 Å². The number of rotatable bonds is 3. The van der Waals surface area contributed by atoms with Crippen LogP contribution in [0.5, 0.6) is 0 Å². The monoisotopic (exact) mass is 405 g/mol. The maximum absolute atomic E-state index is 15.1. The van der Waals surface area contributed by atoms with E-state index in [2.05, 4.69) is 25.2 Å². The molecule has 0 saturated carbocycles. The molecule has 4 aromatic rings. The Morgan fingerprint density at radius 3 is 2.70 bits per heavy atom. The minimum absolute atomic E-state index is 0.221. The number of ether oxygens (including phenoxy) is 1. The molecule has 0 aromatic carbocycles. The molecule has 152 valence electrons. The molecule has 0 spiro atoms. The Bertz CT molecular complexity index is 1220. The number of halogens is 1. The molecule has 4 aromatic heterocycles. The standard InChI is InChI=1S/C21H20FN7O/c1-28-17(5-7-25-28)14-8-18(29-10-12-2-3-13(11-29)30-12)26-21-19(14)15(22)9-23-20(21)16-4-6-24-27-16/h4-9,12-13H,2-3,10-11H2,1H3,(H,24,27). The molecule has 2 fully saturated rings. The van der Waals surface area contributed by atoms with Gasteiger partial charge in [-0.3, -0.25) is 9.78 Å². The minimum Gasteiger partial charge on any atom is -0.371 e. The Hall–Kier alpha value is -3.33. The highest BCUT2D eigenvalue weighted by Crippen LogP contribution is 2.37. The van der Waals surface area contributed by atoms with E-state index < -0.39 is 5.82 Å². The number of hydrogen-bond acceptors (Lipinski definition) is 6. The molecule has 8 nitrogen and oxygen atoms in total. The number of H-pyrrole nitrogens is 1. The fourth-order valence-corrected chi connectivity index (χ4v) is 4.58. The van der Waals surface area contributed by atoms with Crippen LogP contribution < -0.4 is 4.90 Å². The smallest absolute Gasteiger partial charge is 0.151 e. The Morgan fingerprint density at radius 2 is 2.00 bits per heavy atom. The summed E-state index contributed by atoms with van der Waals surface area (Å²) in [4.78, 5) is 11.5. The SMILES string of the molecule is Cn1nccc1-c1cc(N2CC3CCC(C2)O3)nc2c(-c3ccn[nH]3)ncc(F)c12. The Morgan fingerprint density at radius 1 is 1.17 bits per heavy atom. The molecule has 0 aliphatic carbocycles. The van der Waals surface area contributed by atoms with E-state index in [1.807, 2.05) is 25.2 Å². The average Bonchev–Trinajstić information content (AvgIpc) is 3.49. The summed E-state index contributed by atoms with van der Waals surface area (Å²) in [5.41, 5.74) is 3.34. The molecule has 1 N–H and O–H groups in total. The van der Waals surface area contributed by atoms with E-state index in [0.29, 0.717) is 22.3 Å². The minimum atomic E-state index is -0.412. The lowest BCUT2D eigenvalue weighted by Gasteiger charge is -2.33. The molecule has 30 heavy (non-hydrogen) atoms. The van der Waals surface area contributed by atoms with E-state index in [9.17, 15) is 0 Å². The van der Waals surface area contributed by atoms with Crippen molar-refractivity contribution >= 4 is 16.7 Å². The van der Waals surface area contributed by atoms with Crippen molar-refractivity contribution < 1.29 is 9.13 Å². The lowest BCUT2D eigenvalue weighted by molar-refractivity contribution is 0.0302. The number of fused-ring (bicyclic) bond motifs is 3. The average molecular weight is 405 g/mol. The maximum atomic E-state index is 15.1. The Labute approximate surface area is 171 Å². The number of aryl methyl sites for hydroxylation is 1. The second kappa shape index (κ2) is 6.60. The maximum Gasteiger partial charge on any atom is 0.151 e. The van der Waals surface area contributed by atoms with E-state index in [1.54, 1.807) is 17.1 Å². The van der Waals surface area contributed by atoms with Gasteiger partial charge in [-0.05, 0) is 31.0 Å². The van der Waals surface area contributed by atoms with E-state index in [1.165, 1.54) is 6.20 Å². The second-order valence-corrected chi connectivity index (χ2v) is 7.88. The van der Waals surface area contributed by atoms with Gasteiger partial charge in [0.2, 0.25) is 0 Å². The number of morpholine rings is 1. The molecule has 2 bridgehead atoms. The summed E-state index contributed by atoms with van der Waals surface area (Å²) in [7, 11) is 1.85. The van der Waals surface area contributed by atoms with Crippen molar-refractivity contribution in [3.8, 4) is 22.6 Å². The van der Waals surface area contributed by atoms with Crippen molar-refractivity contribution in [1.29, 1.82) is 0 Å². The number of nitrogens with zero attached hydrogens (tertiary/aromatic N) is 6. The van der Waals surface area contributed by atoms with Gasteiger partial charge >= 0.3 is 0 Å². The second-order valence-electron chi connectivity index (χ2n) is 7.88. The Kier molecular flexibility index (Phi) is 3.85. The van der Waals surface area contributed by atoms with Gasteiger partial charge in [0.15, 0.2) is 5.82 Å². The highest BCUT2D eigenvalue weighted by molar-refractivity contribution is 6.01. The molecule has 9 heteroatoms. The third-order valence-electron chi connectivity index (χ3n) is 6.00. The van der Waals surface area contributed by atoms with Crippen LogP contribution in [0.3, 0.4) is 0 Å². The number of hydrogen-bond donors (Lipinski definition) is 1. The molecule has 2 atom stereocenters. The van der Waals surface area contributed by atoms with Crippen molar-refractivity contribution in [3.63, 3.8) is 0 Å². The van der Waals surface area contributed by atoms with Crippen LogP contribution in [0.15, 0.2) is 36.8 Å². The summed E-state index contributed by atoms with van der Waals surface area (Å²) in [6.45, 7) is 1.56. The van der Waals surface area contributed by atoms with Crippen LogP contribution in [0.2, 0.25) is 0 Å². The predicted molar refractivity (Wildman–Crippen MR) is 109 cm³/mol. The first kappa shape index (κ1) is 17.5. The third-order valence-corrected chi connectivity index (χ3v) is 6.00. The van der Waals surface area contributed by atoms with Gasteiger partial charge in [-0.15, -0.1) is 0 Å². The fraction of sp³-hybridized carbons (Fsp3) is 0.333. The van der Waals surface area contributed by atoms with Crippen molar-refractivity contribution in [1.82, 2.24) is 29.9 Å². The molecule has 6 heterocycles. The first-order valence-electron chi connectivity index (χ1n) is 10.0. The molecule has 2 saturated heterocycles. The molecular weight excluding hydrogens is 385 g/mol. The molecular formula is C21H20FN7O. The van der Waals surface area contributed by atoms with Gasteiger partial charge in [-0.2, -0.15) is 10.2 Å². The largest absolute Gasteiger partial charge is 0.371 e. The summed E-state index contributed by atoms with van der Waals surface area (Å²) >= 11 is 0. The molecule has 2 aliphatic rings. The summed E-state index contributed by atoms with van der Waals surface area (Å²) in [6.07, 6.45) is 7.19. The number of aromatic amines is 1. The van der Waals surface area contributed by atoms with Crippen molar-refractivity contribution in [2.45, 2.75) is 25.0 Å². The molecule has 0 amide bonds. The summed E-state index contributed by atoms with van der Waals surface area (Å²) in [5, 5.41) is 11.7. The lowest BCUT2D eigenvalue weighted by atomic mass is 10.0. The van der Waals surface area contributed by atoms with Gasteiger partial charge in [0.1, 0.15) is 17.0 Å². The number of anilines is 1. The van der Waals surface area contributed by atoms with Crippen LogP contribution in [0.4, 0.5) is 10.2 Å². The summed E-state index contributed by atoms with van der Waals surface area (Å²) in [6, 6.07) is 5.66. The van der Waals surface area contributed by atoms with Gasteiger partial charge < -0.3 is 9.64 Å². The normalized spacial score (nSPS) is 20.9. The predicted octanol–water partition coefficient (Wildman–Crippen LogP) is 2.93. The highest BCUT2D eigenvalue weighted by Gasteiger charge is 2.35. The molecule has 0 radical (unpaired) electrons. The van der Waals surface area contributed by atoms with Crippen LogP contribution in [0.25, 0.3) is 33.5 Å². The Balaban J connectivity index is 1.62. The molecule has 2 unspecified atom stereocenters. The van der Waals surface area contributed by atoms with Crippen molar-refractivity contribution in [2.75, 3.05) is 18.0 Å². The van der Waals surface area contributed by atoms with Crippen molar-refractivity contribution in [2.24, 2.45) is 7.05 Å². The van der Waals surface area contributed by atoms with Crippen LogP contribution >= 0.6 is 0 Å². The molecule has 2 aliphatic heterocycles. The summed E-state index contributed by atoms with van der Waals surface area (Å²) < 4.78 is 22.8. The fourth-order valence-electron chi connectivity index (χ4n) is 4.58. The third kappa shape index (κ3) is 2.69. The van der Waals surface area contributed by atoms with Crippen LogP contribution in [-0.4, -0.2) is 55.2 Å². The van der Waals surface area contributed by atoms with Crippen molar-refractivity contribution in [3.05, 3.63) is 42.6 Å². The first-order valence-corrected chi connectivity index (χ1v) is 10.0.